The number of carboxylic acids is 1. The first-order valence-corrected chi connectivity index (χ1v) is 11.3. The molecule has 0 spiro atoms. The molecule has 0 aliphatic carbocycles. The molecular formula is C22H20ClNO6S. The predicted octanol–water partition coefficient (Wildman–Crippen LogP) is 3.33. The van der Waals surface area contributed by atoms with Crippen molar-refractivity contribution in [3.05, 3.63) is 92.9 Å². The van der Waals surface area contributed by atoms with Crippen LogP contribution in [0.25, 0.3) is 0 Å². The number of benzene rings is 2. The number of carboxylic acid groups (broad SMARTS) is 1. The molecule has 0 fully saturated rings. The van der Waals surface area contributed by atoms with E-state index in [4.69, 9.17) is 16.3 Å². The van der Waals surface area contributed by atoms with Gasteiger partial charge < -0.3 is 14.4 Å². The molecule has 0 unspecified atom stereocenters. The summed E-state index contributed by atoms with van der Waals surface area (Å²) in [4.78, 5) is 24.5. The van der Waals surface area contributed by atoms with Gasteiger partial charge in [-0.05, 0) is 23.8 Å². The van der Waals surface area contributed by atoms with Crippen LogP contribution in [0, 0.1) is 0 Å². The van der Waals surface area contributed by atoms with Crippen molar-refractivity contribution >= 4 is 27.4 Å². The van der Waals surface area contributed by atoms with Gasteiger partial charge >= 0.3 is 5.97 Å². The first-order chi connectivity index (χ1) is 14.7. The van der Waals surface area contributed by atoms with Gasteiger partial charge in [0.25, 0.3) is 0 Å². The number of aryl methyl sites for hydroxylation is 1. The molecule has 1 N–H and O–H groups in total. The van der Waals surface area contributed by atoms with Gasteiger partial charge in [0.2, 0.25) is 5.43 Å². The van der Waals surface area contributed by atoms with Crippen molar-refractivity contribution in [2.24, 2.45) is 7.05 Å². The van der Waals surface area contributed by atoms with Crippen LogP contribution in [-0.4, -0.2) is 29.8 Å². The van der Waals surface area contributed by atoms with E-state index in [-0.39, 0.29) is 40.8 Å². The number of aromatic carboxylic acids is 1. The highest BCUT2D eigenvalue weighted by Crippen LogP contribution is 2.20. The summed E-state index contributed by atoms with van der Waals surface area (Å²) in [5, 5.41) is 9.95. The quantitative estimate of drug-likeness (QED) is 0.552. The summed E-state index contributed by atoms with van der Waals surface area (Å²) >= 11 is 5.87. The van der Waals surface area contributed by atoms with Crippen LogP contribution < -0.4 is 10.2 Å². The fourth-order valence-corrected chi connectivity index (χ4v) is 4.65. The number of carbonyl (C=O) groups is 1. The largest absolute Gasteiger partial charge is 0.482 e. The highest BCUT2D eigenvalue weighted by atomic mass is 35.5. The van der Waals surface area contributed by atoms with E-state index in [1.54, 1.807) is 30.3 Å². The van der Waals surface area contributed by atoms with Crippen LogP contribution in [0.1, 0.15) is 21.7 Å². The van der Waals surface area contributed by atoms with Crippen molar-refractivity contribution in [2.75, 3.05) is 5.75 Å². The van der Waals surface area contributed by atoms with E-state index in [0.29, 0.717) is 5.02 Å². The molecule has 0 saturated carbocycles. The van der Waals surface area contributed by atoms with Crippen molar-refractivity contribution in [1.82, 2.24) is 4.57 Å². The molecule has 0 saturated heterocycles. The third kappa shape index (κ3) is 5.34. The molecule has 0 radical (unpaired) electrons. The summed E-state index contributed by atoms with van der Waals surface area (Å²) in [6, 6.07) is 16.1. The Morgan fingerprint density at radius 3 is 2.45 bits per heavy atom. The molecule has 3 aromatic rings. The minimum Gasteiger partial charge on any atom is -0.482 e. The van der Waals surface area contributed by atoms with Crippen molar-refractivity contribution in [3.8, 4) is 5.75 Å². The van der Waals surface area contributed by atoms with E-state index in [0.717, 1.165) is 5.56 Å². The second kappa shape index (κ2) is 9.36. The first kappa shape index (κ1) is 22.6. The molecule has 2 aromatic carbocycles. The van der Waals surface area contributed by atoms with Gasteiger partial charge in [-0.2, -0.15) is 0 Å². The number of aromatic nitrogens is 1. The van der Waals surface area contributed by atoms with E-state index >= 15 is 0 Å². The molecule has 0 aliphatic rings. The second-order valence-electron chi connectivity index (χ2n) is 6.84. The summed E-state index contributed by atoms with van der Waals surface area (Å²) in [6.45, 7) is 0.0266. The van der Waals surface area contributed by atoms with Crippen molar-refractivity contribution in [3.63, 3.8) is 0 Å². The van der Waals surface area contributed by atoms with E-state index in [1.165, 1.54) is 35.9 Å². The van der Waals surface area contributed by atoms with Crippen molar-refractivity contribution in [1.29, 1.82) is 0 Å². The van der Waals surface area contributed by atoms with Crippen molar-refractivity contribution < 1.29 is 23.1 Å². The number of rotatable bonds is 8. The van der Waals surface area contributed by atoms with E-state index in [9.17, 15) is 23.1 Å². The Bertz CT molecular complexity index is 1270. The Balaban J connectivity index is 1.88. The SMILES string of the molecule is Cn1c(CCS(=O)(=O)c2cccc(Cl)c2)cc(=O)c(OCc2ccccc2)c1C(=O)O. The maximum absolute atomic E-state index is 12.6. The smallest absolute Gasteiger partial charge is 0.356 e. The van der Waals surface area contributed by atoms with Crippen LogP contribution >= 0.6 is 11.6 Å². The molecule has 1 heterocycles. The summed E-state index contributed by atoms with van der Waals surface area (Å²) in [6.07, 6.45) is -0.0557. The molecule has 7 nitrogen and oxygen atoms in total. The summed E-state index contributed by atoms with van der Waals surface area (Å²) < 4.78 is 32.0. The lowest BCUT2D eigenvalue weighted by Crippen LogP contribution is -2.23. The third-order valence-electron chi connectivity index (χ3n) is 4.71. The molecule has 9 heteroatoms. The minimum atomic E-state index is -3.68. The average molecular weight is 462 g/mol. The number of hydrogen-bond donors (Lipinski definition) is 1. The molecule has 1 aromatic heterocycles. The zero-order valence-electron chi connectivity index (χ0n) is 16.6. The van der Waals surface area contributed by atoms with Crippen LogP contribution in [0.2, 0.25) is 5.02 Å². The molecule has 0 bridgehead atoms. The van der Waals surface area contributed by atoms with Gasteiger partial charge in [0.05, 0.1) is 10.6 Å². The topological polar surface area (TPSA) is 103 Å². The average Bonchev–Trinajstić information content (AvgIpc) is 2.73. The zero-order chi connectivity index (χ0) is 22.6. The molecule has 0 amide bonds. The minimum absolute atomic E-state index is 0.0266. The standard InChI is InChI=1S/C22H20ClNO6S/c1-24-17(10-11-31(28,29)18-9-5-8-16(23)12-18)13-19(25)21(20(24)22(26)27)30-14-15-6-3-2-4-7-15/h2-9,12-13H,10-11,14H2,1H3,(H,26,27). The van der Waals surface area contributed by atoms with Crippen LogP contribution in [0.3, 0.4) is 0 Å². The lowest BCUT2D eigenvalue weighted by molar-refractivity contribution is 0.0678. The third-order valence-corrected chi connectivity index (χ3v) is 6.66. The number of halogens is 1. The molecule has 162 valence electrons. The number of hydrogen-bond acceptors (Lipinski definition) is 5. The summed E-state index contributed by atoms with van der Waals surface area (Å²) in [7, 11) is -2.22. The van der Waals surface area contributed by atoms with Gasteiger partial charge in [-0.15, -0.1) is 0 Å². The van der Waals surface area contributed by atoms with Crippen LogP contribution in [0.4, 0.5) is 0 Å². The van der Waals surface area contributed by atoms with Crippen molar-refractivity contribution in [2.45, 2.75) is 17.9 Å². The monoisotopic (exact) mass is 461 g/mol. The molecular weight excluding hydrogens is 442 g/mol. The second-order valence-corrected chi connectivity index (χ2v) is 9.39. The number of nitrogens with zero attached hydrogens (tertiary/aromatic N) is 1. The number of ether oxygens (including phenoxy) is 1. The van der Waals surface area contributed by atoms with E-state index < -0.39 is 21.2 Å². The highest BCUT2D eigenvalue weighted by molar-refractivity contribution is 7.91. The van der Waals surface area contributed by atoms with Gasteiger partial charge in [-0.25, -0.2) is 13.2 Å². The van der Waals surface area contributed by atoms with Gasteiger partial charge in [-0.3, -0.25) is 4.79 Å². The van der Waals surface area contributed by atoms with Gasteiger partial charge in [-0.1, -0.05) is 48.0 Å². The molecule has 0 atom stereocenters. The lowest BCUT2D eigenvalue weighted by Gasteiger charge is -2.16. The maximum Gasteiger partial charge on any atom is 0.356 e. The Labute approximate surface area is 184 Å². The Hall–Kier alpha value is -3.10. The molecule has 0 aliphatic heterocycles. The van der Waals surface area contributed by atoms with Gasteiger partial charge in [0.15, 0.2) is 21.3 Å². The predicted molar refractivity (Wildman–Crippen MR) is 117 cm³/mol. The number of sulfone groups is 1. The van der Waals surface area contributed by atoms with E-state index in [1.807, 2.05) is 6.07 Å². The normalized spacial score (nSPS) is 11.3. The Morgan fingerprint density at radius 1 is 1.10 bits per heavy atom. The summed E-state index contributed by atoms with van der Waals surface area (Å²) in [5.74, 6) is -1.95. The van der Waals surface area contributed by atoms with E-state index in [2.05, 4.69) is 0 Å². The van der Waals surface area contributed by atoms with Gasteiger partial charge in [0.1, 0.15) is 6.61 Å². The van der Waals surface area contributed by atoms with Gasteiger partial charge in [0, 0.05) is 30.3 Å². The summed E-state index contributed by atoms with van der Waals surface area (Å²) in [5.41, 5.74) is 0.0813. The lowest BCUT2D eigenvalue weighted by atomic mass is 10.2. The van der Waals surface area contributed by atoms with Crippen LogP contribution in [0.5, 0.6) is 5.75 Å². The van der Waals surface area contributed by atoms with Crippen LogP contribution in [0.15, 0.2) is 70.4 Å². The van der Waals surface area contributed by atoms with Crippen LogP contribution in [-0.2, 0) is 29.9 Å². The molecule has 3 rings (SSSR count). The Morgan fingerprint density at radius 2 is 1.81 bits per heavy atom. The highest BCUT2D eigenvalue weighted by Gasteiger charge is 2.22. The fourth-order valence-electron chi connectivity index (χ4n) is 3.09. The molecule has 31 heavy (non-hydrogen) atoms. The zero-order valence-corrected chi connectivity index (χ0v) is 18.2. The number of pyridine rings is 1. The first-order valence-electron chi connectivity index (χ1n) is 9.30. The Kier molecular flexibility index (Phi) is 6.82. The fraction of sp³-hybridized carbons (Fsp3) is 0.182. The maximum atomic E-state index is 12.6.